The highest BCUT2D eigenvalue weighted by atomic mass is 14.2. The van der Waals surface area contributed by atoms with Crippen molar-refractivity contribution in [2.75, 3.05) is 0 Å². The molecular formula is C21H38. The molecule has 0 amide bonds. The maximum atomic E-state index is 2.38. The Balaban J connectivity index is 4.81. The van der Waals surface area contributed by atoms with Crippen LogP contribution in [0.2, 0.25) is 0 Å². The van der Waals surface area contributed by atoms with Crippen LogP contribution >= 0.6 is 0 Å². The SMILES string of the molecule is CCC(C)C=CC(C=CC(C)CC(C)(C)C)=CCC(C)C. The minimum Gasteiger partial charge on any atom is -0.0811 e. The first-order chi connectivity index (χ1) is 9.64. The van der Waals surface area contributed by atoms with Gasteiger partial charge in [0.15, 0.2) is 0 Å². The van der Waals surface area contributed by atoms with Crippen LogP contribution in [-0.2, 0) is 0 Å². The van der Waals surface area contributed by atoms with E-state index in [2.05, 4.69) is 85.8 Å². The Hall–Kier alpha value is -0.780. The van der Waals surface area contributed by atoms with Gasteiger partial charge >= 0.3 is 0 Å². The lowest BCUT2D eigenvalue weighted by atomic mass is 9.85. The van der Waals surface area contributed by atoms with Crippen LogP contribution < -0.4 is 0 Å². The summed E-state index contributed by atoms with van der Waals surface area (Å²) in [7, 11) is 0. The topological polar surface area (TPSA) is 0 Å². The summed E-state index contributed by atoms with van der Waals surface area (Å²) in [6.07, 6.45) is 15.3. The molecule has 0 fully saturated rings. The molecule has 0 aliphatic rings. The lowest BCUT2D eigenvalue weighted by Crippen LogP contribution is -2.09. The van der Waals surface area contributed by atoms with Crippen molar-refractivity contribution >= 4 is 0 Å². The Morgan fingerprint density at radius 3 is 1.86 bits per heavy atom. The molecule has 122 valence electrons. The minimum absolute atomic E-state index is 0.401. The molecule has 0 aliphatic heterocycles. The van der Waals surface area contributed by atoms with Gasteiger partial charge in [-0.1, -0.05) is 92.2 Å². The first-order valence-electron chi connectivity index (χ1n) is 8.70. The van der Waals surface area contributed by atoms with Crippen molar-refractivity contribution in [3.63, 3.8) is 0 Å². The highest BCUT2D eigenvalue weighted by molar-refractivity contribution is 5.31. The molecule has 0 bridgehead atoms. The monoisotopic (exact) mass is 290 g/mol. The van der Waals surface area contributed by atoms with Crippen molar-refractivity contribution in [2.24, 2.45) is 23.2 Å². The summed E-state index contributed by atoms with van der Waals surface area (Å²) in [5.74, 6) is 2.01. The molecule has 0 saturated heterocycles. The predicted molar refractivity (Wildman–Crippen MR) is 98.5 cm³/mol. The van der Waals surface area contributed by atoms with E-state index in [9.17, 15) is 0 Å². The second kappa shape index (κ2) is 10.0. The second-order valence-electron chi connectivity index (χ2n) is 8.18. The van der Waals surface area contributed by atoms with E-state index in [1.165, 1.54) is 18.4 Å². The standard InChI is InChI=1S/C21H38/c1-9-18(4)11-14-20(13-10-17(2)3)15-12-19(5)16-21(6,7)8/h11-15,17-19H,9-10,16H2,1-8H3. The lowest BCUT2D eigenvalue weighted by molar-refractivity contribution is 0.337. The fourth-order valence-corrected chi connectivity index (χ4v) is 2.28. The van der Waals surface area contributed by atoms with E-state index >= 15 is 0 Å². The van der Waals surface area contributed by atoms with Crippen LogP contribution in [-0.4, -0.2) is 0 Å². The molecule has 21 heavy (non-hydrogen) atoms. The number of allylic oxidation sites excluding steroid dienone is 6. The Kier molecular flexibility index (Phi) is 9.66. The molecule has 0 heterocycles. The van der Waals surface area contributed by atoms with Gasteiger partial charge in [-0.2, -0.15) is 0 Å². The van der Waals surface area contributed by atoms with Crippen molar-refractivity contribution in [3.05, 3.63) is 36.0 Å². The highest BCUT2D eigenvalue weighted by Gasteiger charge is 2.13. The van der Waals surface area contributed by atoms with E-state index < -0.39 is 0 Å². The van der Waals surface area contributed by atoms with Crippen LogP contribution in [0.4, 0.5) is 0 Å². The van der Waals surface area contributed by atoms with Crippen LogP contribution in [0.1, 0.15) is 74.7 Å². The molecular weight excluding hydrogens is 252 g/mol. The first-order valence-corrected chi connectivity index (χ1v) is 8.70. The van der Waals surface area contributed by atoms with Gasteiger partial charge in [0.1, 0.15) is 0 Å². The molecule has 0 aromatic carbocycles. The smallest absolute Gasteiger partial charge is 0.0254 e. The van der Waals surface area contributed by atoms with Gasteiger partial charge < -0.3 is 0 Å². The average Bonchev–Trinajstić information content (AvgIpc) is 2.34. The van der Waals surface area contributed by atoms with E-state index in [0.717, 1.165) is 12.3 Å². The van der Waals surface area contributed by atoms with Crippen molar-refractivity contribution < 1.29 is 0 Å². The molecule has 0 nitrogen and oxygen atoms in total. The van der Waals surface area contributed by atoms with Gasteiger partial charge in [0.05, 0.1) is 0 Å². The summed E-state index contributed by atoms with van der Waals surface area (Å²) in [4.78, 5) is 0. The molecule has 0 rings (SSSR count). The molecule has 0 aromatic heterocycles. The summed E-state index contributed by atoms with van der Waals surface area (Å²) >= 11 is 0. The van der Waals surface area contributed by atoms with Gasteiger partial charge in [-0.25, -0.2) is 0 Å². The van der Waals surface area contributed by atoms with Crippen LogP contribution in [0.25, 0.3) is 0 Å². The van der Waals surface area contributed by atoms with Gasteiger partial charge in [-0.3, -0.25) is 0 Å². The summed E-state index contributed by atoms with van der Waals surface area (Å²) in [5.41, 5.74) is 1.77. The van der Waals surface area contributed by atoms with Crippen LogP contribution in [0.15, 0.2) is 36.0 Å². The lowest BCUT2D eigenvalue weighted by Gasteiger charge is -2.21. The summed E-state index contributed by atoms with van der Waals surface area (Å²) < 4.78 is 0. The number of rotatable bonds is 8. The van der Waals surface area contributed by atoms with Gasteiger partial charge in [0.25, 0.3) is 0 Å². The predicted octanol–water partition coefficient (Wildman–Crippen LogP) is 7.19. The molecule has 2 atom stereocenters. The van der Waals surface area contributed by atoms with Gasteiger partial charge in [-0.05, 0) is 41.6 Å². The summed E-state index contributed by atoms with van der Waals surface area (Å²) in [5, 5.41) is 0. The number of hydrogen-bond donors (Lipinski definition) is 0. The third-order valence-electron chi connectivity index (χ3n) is 3.64. The normalized spacial score (nSPS) is 17.1. The van der Waals surface area contributed by atoms with Gasteiger partial charge in [-0.15, -0.1) is 0 Å². The van der Waals surface area contributed by atoms with E-state index in [-0.39, 0.29) is 0 Å². The average molecular weight is 291 g/mol. The third-order valence-corrected chi connectivity index (χ3v) is 3.64. The van der Waals surface area contributed by atoms with E-state index in [4.69, 9.17) is 0 Å². The Bertz CT molecular complexity index is 347. The Labute approximate surface area is 134 Å². The van der Waals surface area contributed by atoms with Crippen molar-refractivity contribution in [2.45, 2.75) is 74.7 Å². The highest BCUT2D eigenvalue weighted by Crippen LogP contribution is 2.25. The van der Waals surface area contributed by atoms with Crippen molar-refractivity contribution in [3.8, 4) is 0 Å². The number of hydrogen-bond acceptors (Lipinski definition) is 0. The zero-order valence-corrected chi connectivity index (χ0v) is 15.7. The van der Waals surface area contributed by atoms with Crippen LogP contribution in [0.3, 0.4) is 0 Å². The molecule has 0 spiro atoms. The summed E-state index contributed by atoms with van der Waals surface area (Å²) in [6, 6.07) is 0. The Morgan fingerprint density at radius 1 is 0.905 bits per heavy atom. The minimum atomic E-state index is 0.401. The molecule has 0 aliphatic carbocycles. The fraction of sp³-hybridized carbons (Fsp3) is 0.714. The van der Waals surface area contributed by atoms with Gasteiger partial charge in [0.2, 0.25) is 0 Å². The summed E-state index contributed by atoms with van der Waals surface area (Å²) in [6.45, 7) is 18.3. The Morgan fingerprint density at radius 2 is 1.43 bits per heavy atom. The van der Waals surface area contributed by atoms with E-state index in [1.54, 1.807) is 0 Å². The second-order valence-corrected chi connectivity index (χ2v) is 8.18. The molecule has 0 aromatic rings. The fourth-order valence-electron chi connectivity index (χ4n) is 2.28. The molecule has 0 N–H and O–H groups in total. The largest absolute Gasteiger partial charge is 0.0811 e. The molecule has 0 saturated carbocycles. The van der Waals surface area contributed by atoms with Gasteiger partial charge in [0, 0.05) is 0 Å². The van der Waals surface area contributed by atoms with E-state index in [0.29, 0.717) is 17.3 Å². The first kappa shape index (κ1) is 20.2. The van der Waals surface area contributed by atoms with Crippen LogP contribution in [0, 0.1) is 23.2 Å². The van der Waals surface area contributed by atoms with Crippen molar-refractivity contribution in [1.82, 2.24) is 0 Å². The van der Waals surface area contributed by atoms with Crippen molar-refractivity contribution in [1.29, 1.82) is 0 Å². The zero-order valence-electron chi connectivity index (χ0n) is 15.7. The molecule has 2 unspecified atom stereocenters. The van der Waals surface area contributed by atoms with Crippen LogP contribution in [0.5, 0.6) is 0 Å². The zero-order chi connectivity index (χ0) is 16.5. The molecule has 0 heteroatoms. The maximum Gasteiger partial charge on any atom is -0.0254 e. The quantitative estimate of drug-likeness (QED) is 0.415. The molecule has 0 radical (unpaired) electrons. The third kappa shape index (κ3) is 12.7. The maximum absolute atomic E-state index is 2.38. The van der Waals surface area contributed by atoms with E-state index in [1.807, 2.05) is 0 Å².